The Bertz CT molecular complexity index is 1450. The quantitative estimate of drug-likeness (QED) is 0.353. The lowest BCUT2D eigenvalue weighted by atomic mass is 10.1. The number of nitrogens with zero attached hydrogens (tertiary/aromatic N) is 2. The molecule has 11 nitrogen and oxygen atoms in total. The van der Waals surface area contributed by atoms with Crippen LogP contribution in [0.1, 0.15) is 54.4 Å². The van der Waals surface area contributed by atoms with Gasteiger partial charge in [-0.25, -0.2) is 4.79 Å². The molecule has 40 heavy (non-hydrogen) atoms. The Morgan fingerprint density at radius 3 is 2.45 bits per heavy atom. The molecular formula is C28H38N4O7S. The van der Waals surface area contributed by atoms with Crippen molar-refractivity contribution >= 4 is 33.4 Å². The number of carbonyl (C=O) groups excluding carboxylic acids is 2. The van der Waals surface area contributed by atoms with Gasteiger partial charge in [0.25, 0.3) is 11.5 Å². The van der Waals surface area contributed by atoms with E-state index < -0.39 is 23.7 Å². The number of aliphatic hydroxyl groups excluding tert-OH is 1. The molecule has 4 N–H and O–H groups in total. The van der Waals surface area contributed by atoms with E-state index in [4.69, 9.17) is 20.3 Å². The minimum atomic E-state index is -0.799. The van der Waals surface area contributed by atoms with Gasteiger partial charge in [0.1, 0.15) is 17.1 Å². The van der Waals surface area contributed by atoms with Crippen LogP contribution in [0.3, 0.4) is 0 Å². The Labute approximate surface area is 236 Å². The smallest absolute Gasteiger partial charge is 0.332 e. The third-order valence-corrected chi connectivity index (χ3v) is 7.60. The molecule has 1 saturated heterocycles. The fraction of sp³-hybridized carbons (Fsp3) is 0.500. The first kappa shape index (κ1) is 31.1. The van der Waals surface area contributed by atoms with Gasteiger partial charge in [-0.05, 0) is 64.2 Å². The molecule has 4 rings (SSSR count). The van der Waals surface area contributed by atoms with Crippen molar-refractivity contribution in [2.45, 2.75) is 72.3 Å². The molecule has 1 aliphatic rings. The summed E-state index contributed by atoms with van der Waals surface area (Å²) in [6.45, 7) is 8.92. The summed E-state index contributed by atoms with van der Waals surface area (Å²) in [5.74, 6) is -0.396. The molecule has 0 spiro atoms. The van der Waals surface area contributed by atoms with Crippen LogP contribution < -0.4 is 27.0 Å². The van der Waals surface area contributed by atoms with Crippen molar-refractivity contribution in [2.24, 2.45) is 5.73 Å². The second-order valence-electron chi connectivity index (χ2n) is 9.76. The number of fused-ring (bicyclic) bond motifs is 1. The number of aliphatic hydroxyl groups is 1. The highest BCUT2D eigenvalue weighted by atomic mass is 32.1. The summed E-state index contributed by atoms with van der Waals surface area (Å²) in [5.41, 5.74) is 5.40. The van der Waals surface area contributed by atoms with Crippen LogP contribution in [0.15, 0.2) is 33.9 Å². The van der Waals surface area contributed by atoms with Gasteiger partial charge in [0.15, 0.2) is 0 Å². The van der Waals surface area contributed by atoms with E-state index in [0.29, 0.717) is 34.0 Å². The minimum absolute atomic E-state index is 0.0161. The van der Waals surface area contributed by atoms with Crippen LogP contribution in [0.4, 0.5) is 0 Å². The van der Waals surface area contributed by atoms with Crippen LogP contribution in [0.25, 0.3) is 10.2 Å². The van der Waals surface area contributed by atoms with Gasteiger partial charge in [0, 0.05) is 26.3 Å². The number of nitrogens with two attached hydrogens (primary N) is 1. The molecule has 3 heterocycles. The highest BCUT2D eigenvalue weighted by Crippen LogP contribution is 2.28. The Kier molecular flexibility index (Phi) is 11.1. The Morgan fingerprint density at radius 2 is 1.88 bits per heavy atom. The minimum Gasteiger partial charge on any atom is -0.491 e. The summed E-state index contributed by atoms with van der Waals surface area (Å²) in [5, 5.41) is 11.8. The molecule has 0 aliphatic carbocycles. The maximum Gasteiger partial charge on any atom is 0.332 e. The molecule has 0 saturated carbocycles. The number of carbonyl (C=O) groups is 2. The Balaban J connectivity index is 0.000000547. The first-order valence-corrected chi connectivity index (χ1v) is 14.2. The number of nitrogens with one attached hydrogen (secondary N) is 1. The van der Waals surface area contributed by atoms with Crippen LogP contribution in [-0.4, -0.2) is 58.0 Å². The van der Waals surface area contributed by atoms with Crippen molar-refractivity contribution in [1.29, 1.82) is 0 Å². The molecular weight excluding hydrogens is 536 g/mol. The summed E-state index contributed by atoms with van der Waals surface area (Å²) in [7, 11) is 0. The number of aryl methyl sites for hydroxylation is 3. The van der Waals surface area contributed by atoms with Crippen LogP contribution in [-0.2, 0) is 29.0 Å². The zero-order valence-corrected chi connectivity index (χ0v) is 24.2. The molecule has 218 valence electrons. The van der Waals surface area contributed by atoms with E-state index in [1.165, 1.54) is 4.57 Å². The van der Waals surface area contributed by atoms with Crippen molar-refractivity contribution in [3.05, 3.63) is 61.1 Å². The zero-order chi connectivity index (χ0) is 29.4. The van der Waals surface area contributed by atoms with Crippen LogP contribution >= 0.6 is 11.3 Å². The van der Waals surface area contributed by atoms with E-state index in [-0.39, 0.29) is 30.0 Å². The van der Waals surface area contributed by atoms with Gasteiger partial charge in [0.2, 0.25) is 5.91 Å². The SMILES string of the molecule is CCNC(=O)c1sc2c(c1C)c(=O)n(CC(N)=O)c(=O)n2CCc1ccccc1OC(C)C.OC1CCOCC1. The van der Waals surface area contributed by atoms with Crippen molar-refractivity contribution in [3.63, 3.8) is 0 Å². The normalized spacial score (nSPS) is 13.7. The highest BCUT2D eigenvalue weighted by Gasteiger charge is 2.23. The van der Waals surface area contributed by atoms with Gasteiger partial charge in [-0.2, -0.15) is 0 Å². The van der Waals surface area contributed by atoms with Crippen LogP contribution in [0.5, 0.6) is 5.75 Å². The molecule has 3 aromatic rings. The predicted molar refractivity (Wildman–Crippen MR) is 154 cm³/mol. The number of benzene rings is 1. The second-order valence-corrected chi connectivity index (χ2v) is 10.8. The summed E-state index contributed by atoms with van der Waals surface area (Å²) in [6.07, 6.45) is 1.98. The number of thiophene rings is 1. The summed E-state index contributed by atoms with van der Waals surface area (Å²) >= 11 is 1.09. The number of rotatable bonds is 9. The Hall–Kier alpha value is -3.48. The number of amides is 2. The highest BCUT2D eigenvalue weighted by molar-refractivity contribution is 7.20. The third kappa shape index (κ3) is 7.58. The summed E-state index contributed by atoms with van der Waals surface area (Å²) in [6, 6.07) is 7.54. The Morgan fingerprint density at radius 1 is 1.20 bits per heavy atom. The van der Waals surface area contributed by atoms with Crippen LogP contribution in [0, 0.1) is 6.92 Å². The number of aromatic nitrogens is 2. The fourth-order valence-electron chi connectivity index (χ4n) is 4.34. The van der Waals surface area contributed by atoms with Crippen molar-refractivity contribution < 1.29 is 24.2 Å². The zero-order valence-electron chi connectivity index (χ0n) is 23.4. The molecule has 0 atom stereocenters. The molecule has 1 aromatic carbocycles. The largest absolute Gasteiger partial charge is 0.491 e. The second kappa shape index (κ2) is 14.2. The molecule has 1 fully saturated rings. The fourth-order valence-corrected chi connectivity index (χ4v) is 5.58. The third-order valence-electron chi connectivity index (χ3n) is 6.28. The topological polar surface area (TPSA) is 155 Å². The van der Waals surface area contributed by atoms with E-state index in [9.17, 15) is 19.2 Å². The van der Waals surface area contributed by atoms with Crippen molar-refractivity contribution in [2.75, 3.05) is 19.8 Å². The molecule has 0 unspecified atom stereocenters. The molecule has 12 heteroatoms. The van der Waals surface area contributed by atoms with E-state index in [1.807, 2.05) is 38.1 Å². The van der Waals surface area contributed by atoms with Gasteiger partial charge >= 0.3 is 5.69 Å². The molecule has 0 bridgehead atoms. The maximum atomic E-state index is 13.2. The lowest BCUT2D eigenvalue weighted by Gasteiger charge is -2.15. The van der Waals surface area contributed by atoms with Crippen LogP contribution in [0.2, 0.25) is 0 Å². The lowest BCUT2D eigenvalue weighted by molar-refractivity contribution is -0.118. The number of primary amides is 1. The average molecular weight is 575 g/mol. The van der Waals surface area contributed by atoms with Gasteiger partial charge < -0.3 is 25.6 Å². The van der Waals surface area contributed by atoms with Crippen molar-refractivity contribution in [3.8, 4) is 5.75 Å². The first-order valence-electron chi connectivity index (χ1n) is 13.4. The molecule has 0 radical (unpaired) electrons. The summed E-state index contributed by atoms with van der Waals surface area (Å²) in [4.78, 5) is 51.2. The number of ether oxygens (including phenoxy) is 2. The van der Waals surface area contributed by atoms with Gasteiger partial charge in [0.05, 0.1) is 22.5 Å². The van der Waals surface area contributed by atoms with E-state index in [2.05, 4.69) is 5.32 Å². The number of hydrogen-bond donors (Lipinski definition) is 3. The molecule has 2 aromatic heterocycles. The van der Waals surface area contributed by atoms with Gasteiger partial charge in [-0.15, -0.1) is 11.3 Å². The molecule has 2 amide bonds. The van der Waals surface area contributed by atoms with Gasteiger partial charge in [-0.3, -0.25) is 23.5 Å². The van der Waals surface area contributed by atoms with E-state index >= 15 is 0 Å². The molecule has 1 aliphatic heterocycles. The number of para-hydroxylation sites is 1. The standard InChI is InChI=1S/C23H28N4O5S.C5H10O2/c1-5-25-20(29)19-14(4)18-21(30)27(12-17(24)28)23(31)26(22(18)33-19)11-10-15-8-6-7-9-16(15)32-13(2)3;6-5-1-3-7-4-2-5/h6-9,13H,5,10-12H2,1-4H3,(H2,24,28)(H,25,29);5-6H,1-4H2. The van der Waals surface area contributed by atoms with Crippen molar-refractivity contribution in [1.82, 2.24) is 14.5 Å². The number of hydrogen-bond acceptors (Lipinski definition) is 8. The van der Waals surface area contributed by atoms with Gasteiger partial charge in [-0.1, -0.05) is 18.2 Å². The predicted octanol–water partition coefficient (Wildman–Crippen LogP) is 1.96. The lowest BCUT2D eigenvalue weighted by Crippen LogP contribution is -2.42. The first-order chi connectivity index (χ1) is 19.0. The maximum absolute atomic E-state index is 13.2. The summed E-state index contributed by atoms with van der Waals surface area (Å²) < 4.78 is 13.1. The monoisotopic (exact) mass is 574 g/mol. The van der Waals surface area contributed by atoms with E-state index in [1.54, 1.807) is 13.8 Å². The van der Waals surface area contributed by atoms with E-state index in [0.717, 1.165) is 47.5 Å². The average Bonchev–Trinajstić information content (AvgIpc) is 3.25.